The van der Waals surface area contributed by atoms with E-state index in [4.69, 9.17) is 11.6 Å². The Balaban J connectivity index is 2.17. The molecule has 7 nitrogen and oxygen atoms in total. The highest BCUT2D eigenvalue weighted by Gasteiger charge is 2.50. The number of carboxylic acids is 1. The van der Waals surface area contributed by atoms with Crippen molar-refractivity contribution < 1.29 is 24.6 Å². The second kappa shape index (κ2) is 9.40. The van der Waals surface area contributed by atoms with Crippen LogP contribution in [0.15, 0.2) is 24.3 Å². The number of nitrogens with one attached hydrogen (secondary N) is 1. The number of nitrogens with zero attached hydrogens (tertiary/aromatic N) is 1. The average Bonchev–Trinajstić information content (AvgIpc) is 2.67. The third-order valence-corrected chi connectivity index (χ3v) is 6.77. The molecule has 1 aromatic rings. The number of carboxylic acid groups (broad SMARTS) is 1. The van der Waals surface area contributed by atoms with Crippen molar-refractivity contribution in [1.82, 2.24) is 10.2 Å². The molecule has 2 rings (SSSR count). The molecular formula is C24H35ClN2O5. The molecule has 1 fully saturated rings. The lowest BCUT2D eigenvalue weighted by Gasteiger charge is -2.51. The number of hydrogen-bond acceptors (Lipinski definition) is 4. The lowest BCUT2D eigenvalue weighted by atomic mass is 9.66. The summed E-state index contributed by atoms with van der Waals surface area (Å²) in [7, 11) is 0. The van der Waals surface area contributed by atoms with Crippen molar-refractivity contribution in [3.63, 3.8) is 0 Å². The topological polar surface area (TPSA) is 107 Å². The van der Waals surface area contributed by atoms with Gasteiger partial charge in [-0.2, -0.15) is 0 Å². The second-order valence-electron chi connectivity index (χ2n) is 10.4. The largest absolute Gasteiger partial charge is 0.481 e. The van der Waals surface area contributed by atoms with Crippen molar-refractivity contribution >= 4 is 29.4 Å². The number of halogens is 1. The molecule has 0 aliphatic carbocycles. The highest BCUT2D eigenvalue weighted by atomic mass is 35.5. The highest BCUT2D eigenvalue weighted by molar-refractivity contribution is 6.30. The molecule has 178 valence electrons. The van der Waals surface area contributed by atoms with Crippen molar-refractivity contribution in [3.8, 4) is 0 Å². The van der Waals surface area contributed by atoms with Crippen LogP contribution in [0.1, 0.15) is 59.9 Å². The summed E-state index contributed by atoms with van der Waals surface area (Å²) in [5.41, 5.74) is -2.25. The van der Waals surface area contributed by atoms with Gasteiger partial charge in [0, 0.05) is 29.9 Å². The Morgan fingerprint density at radius 3 is 2.22 bits per heavy atom. The molecule has 0 bridgehead atoms. The van der Waals surface area contributed by atoms with Crippen LogP contribution >= 0.6 is 11.6 Å². The molecule has 0 spiro atoms. The van der Waals surface area contributed by atoms with Crippen LogP contribution in [0.2, 0.25) is 5.02 Å². The van der Waals surface area contributed by atoms with Crippen LogP contribution in [-0.4, -0.2) is 52.0 Å². The summed E-state index contributed by atoms with van der Waals surface area (Å²) >= 11 is 5.99. The maximum Gasteiger partial charge on any atom is 0.309 e. The van der Waals surface area contributed by atoms with Gasteiger partial charge in [0.25, 0.3) is 0 Å². The molecular weight excluding hydrogens is 432 g/mol. The predicted molar refractivity (Wildman–Crippen MR) is 123 cm³/mol. The second-order valence-corrected chi connectivity index (χ2v) is 10.9. The smallest absolute Gasteiger partial charge is 0.309 e. The first kappa shape index (κ1) is 26.1. The summed E-state index contributed by atoms with van der Waals surface area (Å²) in [6, 6.07) is 6.33. The standard InChI is InChI=1S/C24H35ClN2O5/c1-15(2)19(26-18(28)13-22(3,4)21(30)31)20(29)27-12-11-24(32,23(5,6)14-27)16-7-9-17(25)10-8-16/h7-10,15,19,32H,11-14H2,1-6H3,(H,26,28)(H,30,31)/t19-,24+/m1/s1. The van der Waals surface area contributed by atoms with Crippen LogP contribution in [0.4, 0.5) is 0 Å². The van der Waals surface area contributed by atoms with Crippen LogP contribution in [0.3, 0.4) is 0 Å². The number of likely N-dealkylation sites (tertiary alicyclic amines) is 1. The van der Waals surface area contributed by atoms with Crippen LogP contribution in [-0.2, 0) is 20.0 Å². The zero-order chi connectivity index (χ0) is 24.5. The van der Waals surface area contributed by atoms with E-state index in [9.17, 15) is 24.6 Å². The average molecular weight is 467 g/mol. The quantitative estimate of drug-likeness (QED) is 0.570. The van der Waals surface area contributed by atoms with Crippen molar-refractivity contribution in [3.05, 3.63) is 34.9 Å². The van der Waals surface area contributed by atoms with Gasteiger partial charge in [-0.25, -0.2) is 0 Å². The number of carbonyl (C=O) groups is 3. The predicted octanol–water partition coefficient (Wildman–Crippen LogP) is 3.43. The van der Waals surface area contributed by atoms with Gasteiger partial charge in [-0.15, -0.1) is 0 Å². The summed E-state index contributed by atoms with van der Waals surface area (Å²) < 4.78 is 0. The molecule has 0 saturated carbocycles. The Morgan fingerprint density at radius 2 is 1.75 bits per heavy atom. The van der Waals surface area contributed by atoms with E-state index >= 15 is 0 Å². The minimum Gasteiger partial charge on any atom is -0.481 e. The molecule has 0 aromatic heterocycles. The van der Waals surface area contributed by atoms with E-state index in [1.54, 1.807) is 17.0 Å². The normalized spacial score (nSPS) is 21.8. The molecule has 0 radical (unpaired) electrons. The Morgan fingerprint density at radius 1 is 1.19 bits per heavy atom. The molecule has 2 amide bonds. The third-order valence-electron chi connectivity index (χ3n) is 6.51. The van der Waals surface area contributed by atoms with Crippen molar-refractivity contribution in [2.24, 2.45) is 16.7 Å². The number of benzene rings is 1. The molecule has 1 aliphatic rings. The number of aliphatic carboxylic acids is 1. The minimum absolute atomic E-state index is 0.181. The fourth-order valence-corrected chi connectivity index (χ4v) is 4.31. The third kappa shape index (κ3) is 5.44. The lowest BCUT2D eigenvalue weighted by Crippen LogP contribution is -2.60. The van der Waals surface area contributed by atoms with Gasteiger partial charge in [-0.05, 0) is 43.9 Å². The van der Waals surface area contributed by atoms with Crippen molar-refractivity contribution in [2.45, 2.75) is 66.0 Å². The van der Waals surface area contributed by atoms with Gasteiger partial charge >= 0.3 is 5.97 Å². The van der Waals surface area contributed by atoms with Gasteiger partial charge in [0.05, 0.1) is 11.0 Å². The number of carbonyl (C=O) groups excluding carboxylic acids is 2. The van der Waals surface area contributed by atoms with E-state index in [0.29, 0.717) is 24.5 Å². The molecule has 3 N–H and O–H groups in total. The maximum absolute atomic E-state index is 13.4. The van der Waals surface area contributed by atoms with Crippen molar-refractivity contribution in [1.29, 1.82) is 0 Å². The maximum atomic E-state index is 13.4. The fourth-order valence-electron chi connectivity index (χ4n) is 4.18. The number of rotatable bonds is 7. The number of amides is 2. The fraction of sp³-hybridized carbons (Fsp3) is 0.625. The molecule has 1 aromatic carbocycles. The lowest BCUT2D eigenvalue weighted by molar-refractivity contribution is -0.157. The molecule has 1 heterocycles. The number of aliphatic hydroxyl groups is 1. The Hall–Kier alpha value is -2.12. The van der Waals surface area contributed by atoms with Gasteiger partial charge in [0.1, 0.15) is 6.04 Å². The van der Waals surface area contributed by atoms with Gasteiger partial charge in [0.2, 0.25) is 11.8 Å². The summed E-state index contributed by atoms with van der Waals surface area (Å²) in [5.74, 6) is -1.95. The van der Waals surface area contributed by atoms with Crippen LogP contribution in [0.25, 0.3) is 0 Å². The summed E-state index contributed by atoms with van der Waals surface area (Å²) in [6.07, 6.45) is 0.124. The van der Waals surface area contributed by atoms with Crippen LogP contribution in [0.5, 0.6) is 0 Å². The van der Waals surface area contributed by atoms with Gasteiger partial charge < -0.3 is 20.4 Å². The number of piperidine rings is 1. The molecule has 1 saturated heterocycles. The summed E-state index contributed by atoms with van der Waals surface area (Å²) in [5, 5.41) is 24.1. The molecule has 2 atom stereocenters. The zero-order valence-electron chi connectivity index (χ0n) is 19.7. The summed E-state index contributed by atoms with van der Waals surface area (Å²) in [6.45, 7) is 11.1. The van der Waals surface area contributed by atoms with E-state index in [1.165, 1.54) is 13.8 Å². The molecule has 0 unspecified atom stereocenters. The first-order chi connectivity index (χ1) is 14.6. The van der Waals surface area contributed by atoms with Crippen LogP contribution in [0, 0.1) is 16.7 Å². The Kier molecular flexibility index (Phi) is 7.67. The molecule has 32 heavy (non-hydrogen) atoms. The van der Waals surface area contributed by atoms with Crippen LogP contribution < -0.4 is 5.32 Å². The van der Waals surface area contributed by atoms with E-state index in [2.05, 4.69) is 5.32 Å². The van der Waals surface area contributed by atoms with E-state index < -0.39 is 34.3 Å². The molecule has 1 aliphatic heterocycles. The van der Waals surface area contributed by atoms with Crippen molar-refractivity contribution in [2.75, 3.05) is 13.1 Å². The van der Waals surface area contributed by atoms with Gasteiger partial charge in [0.15, 0.2) is 0 Å². The SMILES string of the molecule is CC(C)[C@@H](NC(=O)CC(C)(C)C(=O)O)C(=O)N1CC[C@](O)(c2ccc(Cl)cc2)C(C)(C)C1. The van der Waals surface area contributed by atoms with E-state index in [0.717, 1.165) is 5.56 Å². The first-order valence-electron chi connectivity index (χ1n) is 10.9. The van der Waals surface area contributed by atoms with E-state index in [1.807, 2.05) is 39.8 Å². The minimum atomic E-state index is -1.23. The highest BCUT2D eigenvalue weighted by Crippen LogP contribution is 2.46. The Bertz CT molecular complexity index is 866. The first-order valence-corrected chi connectivity index (χ1v) is 11.3. The van der Waals surface area contributed by atoms with Gasteiger partial charge in [-0.1, -0.05) is 51.4 Å². The Labute approximate surface area is 195 Å². The molecule has 8 heteroatoms. The van der Waals surface area contributed by atoms with Gasteiger partial charge in [-0.3, -0.25) is 14.4 Å². The number of hydrogen-bond donors (Lipinski definition) is 3. The summed E-state index contributed by atoms with van der Waals surface area (Å²) in [4.78, 5) is 38.9. The monoisotopic (exact) mass is 466 g/mol. The van der Waals surface area contributed by atoms with E-state index in [-0.39, 0.29) is 18.2 Å². The zero-order valence-corrected chi connectivity index (χ0v) is 20.5.